The standard InChI is InChI=1S/C24H30F3N7O2/c25-24(26,27)14-34-9-16(8-28-34)3-15-4-21(5-15)10-32(11-21)20(35)33-12-22(13-33)6-17(7-22)18-29-19(31-30-18)23(36)1-2-23/h8-9,15,17,36H,1-7,10-14H2,(H,29,30,31). The molecule has 194 valence electrons. The zero-order valence-corrected chi connectivity index (χ0v) is 20.0. The van der Waals surface area contributed by atoms with Crippen LogP contribution in [0.25, 0.3) is 0 Å². The second kappa shape index (κ2) is 7.23. The van der Waals surface area contributed by atoms with E-state index in [0.717, 1.165) is 87.2 Å². The van der Waals surface area contributed by atoms with Gasteiger partial charge in [-0.1, -0.05) is 0 Å². The lowest BCUT2D eigenvalue weighted by atomic mass is 9.56. The number of halogens is 3. The van der Waals surface area contributed by atoms with Crippen molar-refractivity contribution in [3.8, 4) is 0 Å². The Balaban J connectivity index is 0.833. The molecule has 3 aliphatic carbocycles. The van der Waals surface area contributed by atoms with Crippen LogP contribution in [-0.2, 0) is 18.6 Å². The van der Waals surface area contributed by atoms with Crippen molar-refractivity contribution in [2.45, 2.75) is 69.2 Å². The summed E-state index contributed by atoms with van der Waals surface area (Å²) in [6.07, 6.45) is 4.99. The van der Waals surface area contributed by atoms with Gasteiger partial charge in [-0.15, -0.1) is 0 Å². The van der Waals surface area contributed by atoms with Gasteiger partial charge in [-0.25, -0.2) is 9.78 Å². The molecule has 36 heavy (non-hydrogen) atoms. The Kier molecular flexibility index (Phi) is 4.53. The van der Waals surface area contributed by atoms with E-state index in [-0.39, 0.29) is 16.9 Å². The van der Waals surface area contributed by atoms with Crippen LogP contribution in [0.2, 0.25) is 0 Å². The molecule has 12 heteroatoms. The molecular weight excluding hydrogens is 475 g/mol. The quantitative estimate of drug-likeness (QED) is 0.651. The molecule has 2 N–H and O–H groups in total. The smallest absolute Gasteiger partial charge is 0.382 e. The number of H-pyrrole nitrogens is 1. The lowest BCUT2D eigenvalue weighted by Gasteiger charge is -2.63. The molecule has 0 atom stereocenters. The SMILES string of the molecule is O=C(N1CC2(CC(Cc3cnn(CC(F)(F)F)c3)C2)C1)N1CC2(CC(c3nc(C4(O)CC4)n[nH]3)C2)C1. The Hall–Kier alpha value is -2.63. The van der Waals surface area contributed by atoms with Crippen molar-refractivity contribution in [3.63, 3.8) is 0 Å². The van der Waals surface area contributed by atoms with Crippen molar-refractivity contribution in [1.29, 1.82) is 0 Å². The number of urea groups is 1. The number of aromatic amines is 1. The highest BCUT2D eigenvalue weighted by molar-refractivity contribution is 5.77. The number of likely N-dealkylation sites (tertiary alicyclic amines) is 2. The number of carbonyl (C=O) groups is 1. The zero-order chi connectivity index (χ0) is 24.9. The van der Waals surface area contributed by atoms with Crippen LogP contribution in [0.1, 0.15) is 61.7 Å². The van der Waals surface area contributed by atoms with Crippen molar-refractivity contribution in [2.24, 2.45) is 16.7 Å². The Morgan fingerprint density at radius 2 is 1.72 bits per heavy atom. The fraction of sp³-hybridized carbons (Fsp3) is 0.750. The molecule has 2 amide bonds. The molecule has 0 unspecified atom stereocenters. The van der Waals surface area contributed by atoms with Gasteiger partial charge >= 0.3 is 12.2 Å². The summed E-state index contributed by atoms with van der Waals surface area (Å²) < 4.78 is 38.5. The Morgan fingerprint density at radius 1 is 1.08 bits per heavy atom. The first-order valence-corrected chi connectivity index (χ1v) is 12.8. The highest BCUT2D eigenvalue weighted by Crippen LogP contribution is 2.57. The Morgan fingerprint density at radius 3 is 2.33 bits per heavy atom. The van der Waals surface area contributed by atoms with Gasteiger partial charge < -0.3 is 14.9 Å². The Bertz CT molecular complexity index is 1170. The summed E-state index contributed by atoms with van der Waals surface area (Å²) >= 11 is 0. The van der Waals surface area contributed by atoms with E-state index in [1.165, 1.54) is 12.4 Å². The summed E-state index contributed by atoms with van der Waals surface area (Å²) in [6, 6.07) is 0.129. The highest BCUT2D eigenvalue weighted by atomic mass is 19.4. The number of amides is 2. The van der Waals surface area contributed by atoms with Crippen molar-refractivity contribution in [3.05, 3.63) is 29.6 Å². The minimum atomic E-state index is -4.26. The van der Waals surface area contributed by atoms with Gasteiger partial charge in [0.15, 0.2) is 5.82 Å². The first-order valence-electron chi connectivity index (χ1n) is 12.8. The maximum Gasteiger partial charge on any atom is 0.408 e. The summed E-state index contributed by atoms with van der Waals surface area (Å²) in [5.41, 5.74) is 0.429. The number of hydrogen-bond donors (Lipinski definition) is 2. The summed E-state index contributed by atoms with van der Waals surface area (Å²) in [5, 5.41) is 21.2. The minimum Gasteiger partial charge on any atom is -0.382 e. The van der Waals surface area contributed by atoms with Gasteiger partial charge in [-0.05, 0) is 56.4 Å². The van der Waals surface area contributed by atoms with Gasteiger partial charge in [-0.3, -0.25) is 9.78 Å². The average molecular weight is 506 g/mol. The van der Waals surface area contributed by atoms with Crippen LogP contribution in [0.5, 0.6) is 0 Å². The van der Waals surface area contributed by atoms with E-state index in [1.54, 1.807) is 0 Å². The lowest BCUT2D eigenvalue weighted by molar-refractivity contribution is -0.142. The van der Waals surface area contributed by atoms with Gasteiger partial charge in [0.2, 0.25) is 0 Å². The molecule has 0 radical (unpaired) electrons. The van der Waals surface area contributed by atoms with Crippen molar-refractivity contribution in [1.82, 2.24) is 34.8 Å². The van der Waals surface area contributed by atoms with Gasteiger partial charge in [0, 0.05) is 49.1 Å². The van der Waals surface area contributed by atoms with E-state index in [9.17, 15) is 23.1 Å². The van der Waals surface area contributed by atoms with Crippen molar-refractivity contribution in [2.75, 3.05) is 26.2 Å². The topological polar surface area (TPSA) is 103 Å². The summed E-state index contributed by atoms with van der Waals surface area (Å²) in [4.78, 5) is 21.3. The summed E-state index contributed by atoms with van der Waals surface area (Å²) in [5.74, 6) is 2.15. The van der Waals surface area contributed by atoms with Gasteiger partial charge in [0.05, 0.1) is 6.20 Å². The average Bonchev–Trinajstić information content (AvgIpc) is 3.07. The Labute approximate surface area is 206 Å². The number of aromatic nitrogens is 5. The third kappa shape index (κ3) is 3.79. The number of alkyl halides is 3. The van der Waals surface area contributed by atoms with Gasteiger partial charge in [-0.2, -0.15) is 23.4 Å². The highest BCUT2D eigenvalue weighted by Gasteiger charge is 2.59. The summed E-state index contributed by atoms with van der Waals surface area (Å²) in [6.45, 7) is 2.10. The summed E-state index contributed by atoms with van der Waals surface area (Å²) in [7, 11) is 0. The number of hydrogen-bond acceptors (Lipinski definition) is 5. The molecule has 0 aromatic carbocycles. The molecule has 0 bridgehead atoms. The predicted molar refractivity (Wildman–Crippen MR) is 120 cm³/mol. The van der Waals surface area contributed by atoms with Crippen LogP contribution >= 0.6 is 0 Å². The molecule has 5 aliphatic rings. The molecule has 4 heterocycles. The molecule has 2 spiro atoms. The predicted octanol–water partition coefficient (Wildman–Crippen LogP) is 2.80. The maximum atomic E-state index is 12.9. The van der Waals surface area contributed by atoms with E-state index < -0.39 is 18.3 Å². The normalized spacial score (nSPS) is 25.9. The number of rotatable bonds is 5. The van der Waals surface area contributed by atoms with Crippen LogP contribution in [0.4, 0.5) is 18.0 Å². The number of nitrogens with zero attached hydrogens (tertiary/aromatic N) is 6. The van der Waals surface area contributed by atoms with Crippen LogP contribution in [0.3, 0.4) is 0 Å². The van der Waals surface area contributed by atoms with Gasteiger partial charge in [0.25, 0.3) is 0 Å². The molecule has 2 aromatic rings. The monoisotopic (exact) mass is 505 g/mol. The first kappa shape index (κ1) is 22.6. The molecule has 7 rings (SSSR count). The molecule has 5 fully saturated rings. The fourth-order valence-corrected chi connectivity index (χ4v) is 7.12. The third-order valence-electron chi connectivity index (χ3n) is 9.03. The van der Waals surface area contributed by atoms with Crippen molar-refractivity contribution < 1.29 is 23.1 Å². The van der Waals surface area contributed by atoms with Crippen LogP contribution in [0.15, 0.2) is 12.4 Å². The lowest BCUT2D eigenvalue weighted by Crippen LogP contribution is -2.70. The fourth-order valence-electron chi connectivity index (χ4n) is 7.12. The van der Waals surface area contributed by atoms with Crippen LogP contribution in [-0.4, -0.2) is 78.3 Å². The van der Waals surface area contributed by atoms with Crippen LogP contribution < -0.4 is 0 Å². The van der Waals surface area contributed by atoms with Crippen molar-refractivity contribution >= 4 is 6.03 Å². The van der Waals surface area contributed by atoms with Crippen LogP contribution in [0, 0.1) is 16.7 Å². The molecule has 2 saturated heterocycles. The zero-order valence-electron chi connectivity index (χ0n) is 20.0. The second-order valence-electron chi connectivity index (χ2n) is 12.3. The molecular formula is C24H30F3N7O2. The molecule has 9 nitrogen and oxygen atoms in total. The largest absolute Gasteiger partial charge is 0.408 e. The van der Waals surface area contributed by atoms with E-state index in [0.29, 0.717) is 17.7 Å². The minimum absolute atomic E-state index is 0.129. The third-order valence-corrected chi connectivity index (χ3v) is 9.03. The second-order valence-corrected chi connectivity index (χ2v) is 12.3. The number of aliphatic hydroxyl groups is 1. The first-order chi connectivity index (χ1) is 17.0. The molecule has 3 saturated carbocycles. The van der Waals surface area contributed by atoms with E-state index in [4.69, 9.17) is 0 Å². The van der Waals surface area contributed by atoms with Gasteiger partial charge in [0.1, 0.15) is 18.0 Å². The maximum absolute atomic E-state index is 12.9. The van der Waals surface area contributed by atoms with E-state index in [2.05, 4.69) is 20.3 Å². The molecule has 2 aromatic heterocycles. The number of nitrogens with one attached hydrogen (secondary N) is 1. The number of carbonyl (C=O) groups excluding carboxylic acids is 1. The van der Waals surface area contributed by atoms with E-state index >= 15 is 0 Å². The van der Waals surface area contributed by atoms with E-state index in [1.807, 2.05) is 9.80 Å². The molecule has 2 aliphatic heterocycles.